The number of hydrogen-bond acceptors (Lipinski definition) is 5. The molecule has 3 aliphatic carbocycles. The fourth-order valence-electron chi connectivity index (χ4n) is 5.70. The maximum absolute atomic E-state index is 11.1. The van der Waals surface area contributed by atoms with Crippen LogP contribution in [0.2, 0.25) is 0 Å². The van der Waals surface area contributed by atoms with Crippen molar-refractivity contribution in [2.75, 3.05) is 0 Å². The number of benzene rings is 1. The number of aryl methyl sites for hydroxylation is 1. The highest BCUT2D eigenvalue weighted by Gasteiger charge is 2.53. The molecule has 0 amide bonds. The van der Waals surface area contributed by atoms with E-state index in [1.54, 1.807) is 6.07 Å². The molecule has 0 bridgehead atoms. The summed E-state index contributed by atoms with van der Waals surface area (Å²) in [6, 6.07) is 5.53. The third-order valence-electron chi connectivity index (χ3n) is 6.77. The molecule has 7 heteroatoms. The minimum absolute atomic E-state index is 0.0318. The summed E-state index contributed by atoms with van der Waals surface area (Å²) in [5.74, 6) is 1.93. The largest absolute Gasteiger partial charge is 0.411 e. The molecule has 2 saturated carbocycles. The van der Waals surface area contributed by atoms with E-state index in [4.69, 9.17) is 9.32 Å². The number of oxime groups is 1. The quantitative estimate of drug-likeness (QED) is 0.622. The van der Waals surface area contributed by atoms with Crippen molar-refractivity contribution in [3.05, 3.63) is 29.3 Å². The number of hydrogen-bond donors (Lipinski definition) is 2. The van der Waals surface area contributed by atoms with Crippen LogP contribution in [-0.4, -0.2) is 19.3 Å². The lowest BCUT2D eigenvalue weighted by molar-refractivity contribution is 0.0938. The van der Waals surface area contributed by atoms with Gasteiger partial charge in [-0.1, -0.05) is 18.1 Å². The zero-order valence-electron chi connectivity index (χ0n) is 14.3. The van der Waals surface area contributed by atoms with E-state index in [9.17, 15) is 13.6 Å². The Kier molecular flexibility index (Phi) is 3.85. The van der Waals surface area contributed by atoms with Gasteiger partial charge in [0.25, 0.3) is 0 Å². The van der Waals surface area contributed by atoms with Gasteiger partial charge in [-0.2, -0.15) is 13.6 Å². The predicted molar refractivity (Wildman–Crippen MR) is 94.0 cm³/mol. The van der Waals surface area contributed by atoms with Crippen molar-refractivity contribution in [2.45, 2.75) is 51.4 Å². The molecule has 4 atom stereocenters. The molecule has 25 heavy (non-hydrogen) atoms. The van der Waals surface area contributed by atoms with Crippen LogP contribution in [0.3, 0.4) is 0 Å². The van der Waals surface area contributed by atoms with Crippen LogP contribution in [0.1, 0.15) is 56.1 Å². The molecule has 0 unspecified atom stereocenters. The average Bonchev–Trinajstić information content (AvgIpc) is 2.89. The third-order valence-corrected chi connectivity index (χ3v) is 7.20. The van der Waals surface area contributed by atoms with E-state index in [0.717, 1.165) is 44.2 Å². The summed E-state index contributed by atoms with van der Waals surface area (Å²) < 4.78 is 27.1. The molecule has 1 aromatic carbocycles. The van der Waals surface area contributed by atoms with E-state index in [1.165, 1.54) is 11.1 Å². The topological polar surface area (TPSA) is 102 Å². The number of nitrogens with zero attached hydrogens (tertiary/aromatic N) is 1. The van der Waals surface area contributed by atoms with Crippen LogP contribution in [0.5, 0.6) is 5.75 Å². The van der Waals surface area contributed by atoms with Gasteiger partial charge >= 0.3 is 10.3 Å². The Morgan fingerprint density at radius 1 is 1.28 bits per heavy atom. The fraction of sp³-hybridized carbons (Fsp3) is 0.611. The van der Waals surface area contributed by atoms with Gasteiger partial charge in [-0.3, -0.25) is 0 Å². The summed E-state index contributed by atoms with van der Waals surface area (Å²) in [6.07, 6.45) is 6.09. The molecule has 4 rings (SSSR count). The van der Waals surface area contributed by atoms with Crippen molar-refractivity contribution in [3.8, 4) is 5.75 Å². The van der Waals surface area contributed by atoms with E-state index < -0.39 is 10.3 Å². The molecule has 0 aliphatic heterocycles. The third kappa shape index (κ3) is 2.73. The zero-order chi connectivity index (χ0) is 17.8. The minimum atomic E-state index is -3.99. The molecule has 0 heterocycles. The average molecular weight is 364 g/mol. The maximum Gasteiger partial charge on any atom is 0.380 e. The summed E-state index contributed by atoms with van der Waals surface area (Å²) >= 11 is 0. The highest BCUT2D eigenvalue weighted by atomic mass is 32.2. The Bertz CT molecular complexity index is 835. The monoisotopic (exact) mass is 364 g/mol. The Labute approximate surface area is 148 Å². The van der Waals surface area contributed by atoms with Crippen LogP contribution >= 0.6 is 0 Å². The summed E-state index contributed by atoms with van der Waals surface area (Å²) in [4.78, 5) is 0. The lowest BCUT2D eigenvalue weighted by Gasteiger charge is -2.48. The van der Waals surface area contributed by atoms with Crippen molar-refractivity contribution in [1.29, 1.82) is 0 Å². The molecule has 0 saturated heterocycles. The van der Waals surface area contributed by atoms with Gasteiger partial charge in [-0.25, -0.2) is 0 Å². The van der Waals surface area contributed by atoms with Crippen molar-refractivity contribution < 1.29 is 17.8 Å². The fourth-order valence-corrected chi connectivity index (χ4v) is 6.07. The first-order valence-corrected chi connectivity index (χ1v) is 10.4. The van der Waals surface area contributed by atoms with E-state index in [-0.39, 0.29) is 11.2 Å². The molecule has 0 spiro atoms. The van der Waals surface area contributed by atoms with Gasteiger partial charge in [0.2, 0.25) is 0 Å². The second-order valence-corrected chi connectivity index (χ2v) is 9.05. The SMILES string of the molecule is C[C@]12CC[C@@H]3c4ccc(OS(N)(=O)=O)cc4CC[C@H]3[C@@H]1CC/C2=N/O. The van der Waals surface area contributed by atoms with E-state index in [2.05, 4.69) is 12.1 Å². The van der Waals surface area contributed by atoms with E-state index >= 15 is 0 Å². The Morgan fingerprint density at radius 3 is 2.80 bits per heavy atom. The van der Waals surface area contributed by atoms with Crippen LogP contribution in [0, 0.1) is 17.3 Å². The van der Waals surface area contributed by atoms with E-state index in [0.29, 0.717) is 17.8 Å². The lowest BCUT2D eigenvalue weighted by Crippen LogP contribution is -2.42. The van der Waals surface area contributed by atoms with Gasteiger partial charge in [-0.05, 0) is 79.5 Å². The summed E-state index contributed by atoms with van der Waals surface area (Å²) in [5.41, 5.74) is 3.48. The van der Waals surface area contributed by atoms with Gasteiger partial charge < -0.3 is 9.39 Å². The van der Waals surface area contributed by atoms with Gasteiger partial charge in [0.1, 0.15) is 5.75 Å². The van der Waals surface area contributed by atoms with Crippen LogP contribution in [0.25, 0.3) is 0 Å². The summed E-state index contributed by atoms with van der Waals surface area (Å²) in [7, 11) is -3.99. The first-order valence-electron chi connectivity index (χ1n) is 8.88. The molecule has 1 aromatic rings. The maximum atomic E-state index is 11.1. The molecule has 3 N–H and O–H groups in total. The molecule has 6 nitrogen and oxygen atoms in total. The summed E-state index contributed by atoms with van der Waals surface area (Å²) in [6.45, 7) is 2.26. The molecule has 2 fully saturated rings. The summed E-state index contributed by atoms with van der Waals surface area (Å²) in [5, 5.41) is 17.9. The molecular formula is C18H24N2O4S. The van der Waals surface area contributed by atoms with Gasteiger partial charge in [0, 0.05) is 5.41 Å². The van der Waals surface area contributed by atoms with E-state index in [1.807, 2.05) is 12.1 Å². The van der Waals surface area contributed by atoms with Crippen LogP contribution in [0.4, 0.5) is 0 Å². The van der Waals surface area contributed by atoms with Crippen LogP contribution in [0.15, 0.2) is 23.4 Å². The first-order chi connectivity index (χ1) is 11.8. The Morgan fingerprint density at radius 2 is 2.08 bits per heavy atom. The van der Waals surface area contributed by atoms with Gasteiger partial charge in [-0.15, -0.1) is 0 Å². The second-order valence-electron chi connectivity index (χ2n) is 7.89. The van der Waals surface area contributed by atoms with Crippen molar-refractivity contribution in [3.63, 3.8) is 0 Å². The highest BCUT2D eigenvalue weighted by Crippen LogP contribution is 2.59. The Hall–Kier alpha value is -1.60. The molecule has 0 aromatic heterocycles. The molecule has 136 valence electrons. The van der Waals surface area contributed by atoms with Crippen molar-refractivity contribution in [2.24, 2.45) is 27.5 Å². The van der Waals surface area contributed by atoms with Crippen LogP contribution < -0.4 is 9.32 Å². The highest BCUT2D eigenvalue weighted by molar-refractivity contribution is 7.84. The lowest BCUT2D eigenvalue weighted by atomic mass is 9.55. The van der Waals surface area contributed by atoms with Crippen molar-refractivity contribution >= 4 is 16.0 Å². The minimum Gasteiger partial charge on any atom is -0.411 e. The standard InChI is InChI=1S/C18H24N2O4S/c1-18-9-8-14-13-5-3-12(24-25(19,22)23)10-11(13)2-4-15(14)16(18)6-7-17(18)20-21/h3,5,10,14-16,21H,2,4,6-9H2,1H3,(H2,19,22,23)/b20-17-/t14-,15-,16+,18+/m1/s1. The molecule has 0 radical (unpaired) electrons. The first kappa shape index (κ1) is 16.8. The van der Waals surface area contributed by atoms with Gasteiger partial charge in [0.15, 0.2) is 0 Å². The van der Waals surface area contributed by atoms with Crippen LogP contribution in [-0.2, 0) is 16.7 Å². The number of fused-ring (bicyclic) bond motifs is 5. The van der Waals surface area contributed by atoms with Crippen molar-refractivity contribution in [1.82, 2.24) is 0 Å². The predicted octanol–water partition coefficient (Wildman–Crippen LogP) is 2.96. The number of nitrogens with two attached hydrogens (primary N) is 1. The van der Waals surface area contributed by atoms with Gasteiger partial charge in [0.05, 0.1) is 5.71 Å². The number of rotatable bonds is 2. The molecule has 3 aliphatic rings. The zero-order valence-corrected chi connectivity index (χ0v) is 15.1. The molecular weight excluding hydrogens is 340 g/mol. The Balaban J connectivity index is 1.64. The smallest absolute Gasteiger partial charge is 0.380 e. The normalized spacial score (nSPS) is 35.8. The second kappa shape index (κ2) is 5.71.